The Kier molecular flexibility index (Phi) is 4.59. The third kappa shape index (κ3) is 1.98. The van der Waals surface area contributed by atoms with Crippen LogP contribution in [0.5, 0.6) is 0 Å². The molecule has 0 aromatic heterocycles. The molecule has 2 rings (SSSR count). The Hall–Kier alpha value is 0.360. The third-order valence-electron chi connectivity index (χ3n) is 3.14. The van der Waals surface area contributed by atoms with Crippen LogP contribution in [-0.4, -0.2) is 44.0 Å². The molecule has 0 aromatic carbocycles. The van der Waals surface area contributed by atoms with E-state index in [1.165, 1.54) is 0 Å². The number of hydrogen-bond donors (Lipinski definition) is 1. The first-order chi connectivity index (χ1) is 5.56. The van der Waals surface area contributed by atoms with Crippen molar-refractivity contribution in [2.75, 3.05) is 33.2 Å². The van der Waals surface area contributed by atoms with Gasteiger partial charge in [0.2, 0.25) is 0 Å². The van der Waals surface area contributed by atoms with Crippen LogP contribution in [0.15, 0.2) is 0 Å². The van der Waals surface area contributed by atoms with Gasteiger partial charge in [0.05, 0.1) is 12.0 Å². The van der Waals surface area contributed by atoms with E-state index >= 15 is 0 Å². The van der Waals surface area contributed by atoms with Crippen LogP contribution >= 0.6 is 24.8 Å². The fourth-order valence-corrected chi connectivity index (χ4v) is 2.04. The fraction of sp³-hybridized carbons (Fsp3) is 1.00. The van der Waals surface area contributed by atoms with Gasteiger partial charge in [-0.25, -0.2) is 8.78 Å². The van der Waals surface area contributed by atoms with Gasteiger partial charge >= 0.3 is 0 Å². The van der Waals surface area contributed by atoms with Crippen LogP contribution in [0.3, 0.4) is 0 Å². The van der Waals surface area contributed by atoms with Crippen molar-refractivity contribution in [3.05, 3.63) is 0 Å². The number of likely N-dealkylation sites (tertiary alicyclic amines) is 1. The van der Waals surface area contributed by atoms with E-state index in [9.17, 15) is 8.78 Å². The van der Waals surface area contributed by atoms with Crippen molar-refractivity contribution in [3.63, 3.8) is 0 Å². The molecule has 2 aliphatic heterocycles. The predicted octanol–water partition coefficient (Wildman–Crippen LogP) is 1.39. The number of nitrogens with zero attached hydrogens (tertiary/aromatic N) is 1. The first kappa shape index (κ1) is 14.4. The van der Waals surface area contributed by atoms with E-state index in [4.69, 9.17) is 0 Å². The highest BCUT2D eigenvalue weighted by Gasteiger charge is 2.59. The van der Waals surface area contributed by atoms with Gasteiger partial charge < -0.3 is 10.2 Å². The van der Waals surface area contributed by atoms with Crippen LogP contribution in [0, 0.1) is 5.41 Å². The Bertz CT molecular complexity index is 198. The molecule has 0 unspecified atom stereocenters. The maximum absolute atomic E-state index is 13.5. The minimum atomic E-state index is -2.49. The maximum Gasteiger partial charge on any atom is 0.268 e. The largest absolute Gasteiger partial charge is 0.315 e. The lowest BCUT2D eigenvalue weighted by atomic mass is 9.70. The molecule has 0 atom stereocenters. The first-order valence-electron chi connectivity index (χ1n) is 4.33. The summed E-state index contributed by atoms with van der Waals surface area (Å²) in [6.45, 7) is 1.72. The number of halogens is 4. The topological polar surface area (TPSA) is 15.3 Å². The third-order valence-corrected chi connectivity index (χ3v) is 3.14. The van der Waals surface area contributed by atoms with Crippen LogP contribution in [-0.2, 0) is 0 Å². The Balaban J connectivity index is 0.000000845. The van der Waals surface area contributed by atoms with E-state index in [0.29, 0.717) is 19.5 Å². The maximum atomic E-state index is 13.5. The molecule has 2 saturated heterocycles. The summed E-state index contributed by atoms with van der Waals surface area (Å²) < 4.78 is 26.9. The molecule has 1 N–H and O–H groups in total. The van der Waals surface area contributed by atoms with Gasteiger partial charge in [0.1, 0.15) is 0 Å². The SMILES string of the molecule is CN1CCC2(CNC2)C(F)(F)C1.Cl.Cl. The van der Waals surface area contributed by atoms with Crippen molar-refractivity contribution in [1.29, 1.82) is 0 Å². The number of piperidine rings is 1. The van der Waals surface area contributed by atoms with Crippen molar-refractivity contribution < 1.29 is 8.78 Å². The summed E-state index contributed by atoms with van der Waals surface area (Å²) in [5, 5.41) is 2.94. The average molecular weight is 249 g/mol. The van der Waals surface area contributed by atoms with E-state index in [1.54, 1.807) is 11.9 Å². The van der Waals surface area contributed by atoms with Crippen LogP contribution in [0.2, 0.25) is 0 Å². The van der Waals surface area contributed by atoms with Crippen LogP contribution in [0.25, 0.3) is 0 Å². The Morgan fingerprint density at radius 1 is 1.21 bits per heavy atom. The fourth-order valence-electron chi connectivity index (χ4n) is 2.04. The highest BCUT2D eigenvalue weighted by Crippen LogP contribution is 2.45. The molecule has 0 aromatic rings. The molecule has 0 radical (unpaired) electrons. The van der Waals surface area contributed by atoms with Gasteiger partial charge in [-0.3, -0.25) is 0 Å². The second-order valence-electron chi connectivity index (χ2n) is 4.08. The standard InChI is InChI=1S/C8H14F2N2.2ClH/c1-12-3-2-7(4-11-5-7)8(9,10)6-12;;/h11H,2-6H2,1H3;2*1H. The van der Waals surface area contributed by atoms with Gasteiger partial charge in [0.15, 0.2) is 0 Å². The van der Waals surface area contributed by atoms with Gasteiger partial charge in [-0.05, 0) is 20.0 Å². The predicted molar refractivity (Wildman–Crippen MR) is 56.9 cm³/mol. The summed E-state index contributed by atoms with van der Waals surface area (Å²) in [6, 6.07) is 0. The van der Waals surface area contributed by atoms with Gasteiger partial charge in [0.25, 0.3) is 5.92 Å². The van der Waals surface area contributed by atoms with E-state index in [2.05, 4.69) is 5.32 Å². The lowest BCUT2D eigenvalue weighted by Gasteiger charge is -2.52. The van der Waals surface area contributed by atoms with Crippen molar-refractivity contribution >= 4 is 24.8 Å². The second-order valence-corrected chi connectivity index (χ2v) is 4.08. The van der Waals surface area contributed by atoms with Gasteiger partial charge in [-0.1, -0.05) is 0 Å². The zero-order chi connectivity index (χ0) is 8.82. The molecule has 0 amide bonds. The van der Waals surface area contributed by atoms with Crippen molar-refractivity contribution in [1.82, 2.24) is 10.2 Å². The number of rotatable bonds is 0. The minimum absolute atomic E-state index is 0. The van der Waals surface area contributed by atoms with Crippen molar-refractivity contribution in [2.24, 2.45) is 5.41 Å². The Morgan fingerprint density at radius 2 is 1.79 bits per heavy atom. The monoisotopic (exact) mass is 248 g/mol. The molecule has 0 bridgehead atoms. The lowest BCUT2D eigenvalue weighted by molar-refractivity contribution is -0.185. The van der Waals surface area contributed by atoms with Gasteiger partial charge in [0, 0.05) is 13.1 Å². The molecule has 2 fully saturated rings. The van der Waals surface area contributed by atoms with Crippen molar-refractivity contribution in [2.45, 2.75) is 12.3 Å². The van der Waals surface area contributed by atoms with E-state index in [1.807, 2.05) is 0 Å². The molecular weight excluding hydrogens is 233 g/mol. The summed E-state index contributed by atoms with van der Waals surface area (Å²) >= 11 is 0. The molecule has 14 heavy (non-hydrogen) atoms. The minimum Gasteiger partial charge on any atom is -0.315 e. The molecule has 0 saturated carbocycles. The highest BCUT2D eigenvalue weighted by molar-refractivity contribution is 5.85. The summed E-state index contributed by atoms with van der Waals surface area (Å²) in [6.07, 6.45) is 0.628. The molecule has 2 heterocycles. The summed E-state index contributed by atoms with van der Waals surface area (Å²) in [5.41, 5.74) is -0.709. The van der Waals surface area contributed by atoms with Crippen LogP contribution in [0.1, 0.15) is 6.42 Å². The lowest BCUT2D eigenvalue weighted by Crippen LogP contribution is -2.68. The second kappa shape index (κ2) is 4.47. The van der Waals surface area contributed by atoms with Crippen LogP contribution in [0.4, 0.5) is 8.78 Å². The Morgan fingerprint density at radius 3 is 2.14 bits per heavy atom. The normalized spacial score (nSPS) is 28.5. The zero-order valence-electron chi connectivity index (χ0n) is 8.06. The average Bonchev–Trinajstić information content (AvgIpc) is 1.80. The number of nitrogens with one attached hydrogen (secondary N) is 1. The van der Waals surface area contributed by atoms with E-state index in [0.717, 1.165) is 6.54 Å². The van der Waals surface area contributed by atoms with Crippen molar-refractivity contribution in [3.8, 4) is 0 Å². The van der Waals surface area contributed by atoms with E-state index < -0.39 is 11.3 Å². The van der Waals surface area contributed by atoms with E-state index in [-0.39, 0.29) is 31.4 Å². The summed E-state index contributed by atoms with van der Waals surface area (Å²) in [4.78, 5) is 1.71. The molecule has 2 aliphatic rings. The summed E-state index contributed by atoms with van der Waals surface area (Å²) in [7, 11) is 1.76. The van der Waals surface area contributed by atoms with Gasteiger partial charge in [-0.2, -0.15) is 0 Å². The smallest absolute Gasteiger partial charge is 0.268 e. The molecule has 1 spiro atoms. The van der Waals surface area contributed by atoms with Gasteiger partial charge in [-0.15, -0.1) is 24.8 Å². The number of alkyl halides is 2. The first-order valence-corrected chi connectivity index (χ1v) is 4.33. The zero-order valence-corrected chi connectivity index (χ0v) is 9.69. The Labute approximate surface area is 95.2 Å². The summed E-state index contributed by atoms with van der Waals surface area (Å²) in [5.74, 6) is -2.49. The highest BCUT2D eigenvalue weighted by atomic mass is 35.5. The molecular formula is C8H16Cl2F2N2. The molecule has 0 aliphatic carbocycles. The molecule has 6 heteroatoms. The molecule has 2 nitrogen and oxygen atoms in total. The quantitative estimate of drug-likeness (QED) is 0.698. The number of hydrogen-bond acceptors (Lipinski definition) is 2. The molecule has 86 valence electrons. The van der Waals surface area contributed by atoms with Crippen LogP contribution < -0.4 is 5.32 Å².